The van der Waals surface area contributed by atoms with Crippen LogP contribution in [0.2, 0.25) is 0 Å². The maximum atomic E-state index is 10.5. The Kier molecular flexibility index (Phi) is 4.29. The molecule has 2 rings (SSSR count). The summed E-state index contributed by atoms with van der Waals surface area (Å²) < 4.78 is 7.01. The standard InChI is InChI=1S/C13H12N4O3/c14-10-11-3-1-4-12(9-11)20-8-2-6-16-7-5-13(15-16)17(18)19/h1,3-5,7,9H,2,6,8H2. The van der Waals surface area contributed by atoms with E-state index in [4.69, 9.17) is 10.00 Å². The zero-order chi connectivity index (χ0) is 14.4. The van der Waals surface area contributed by atoms with Crippen LogP contribution in [0.15, 0.2) is 36.5 Å². The first-order chi connectivity index (χ1) is 9.69. The summed E-state index contributed by atoms with van der Waals surface area (Å²) in [6, 6.07) is 10.3. The molecule has 0 fully saturated rings. The highest BCUT2D eigenvalue weighted by atomic mass is 16.6. The molecule has 1 aromatic carbocycles. The second-order valence-corrected chi connectivity index (χ2v) is 4.04. The molecule has 1 heterocycles. The highest BCUT2D eigenvalue weighted by Gasteiger charge is 2.10. The van der Waals surface area contributed by atoms with E-state index in [1.165, 1.54) is 10.7 Å². The molecule has 0 bridgehead atoms. The van der Waals surface area contributed by atoms with Crippen molar-refractivity contribution in [3.05, 3.63) is 52.2 Å². The first-order valence-corrected chi connectivity index (χ1v) is 6.00. The van der Waals surface area contributed by atoms with Gasteiger partial charge < -0.3 is 14.9 Å². The second kappa shape index (κ2) is 6.33. The van der Waals surface area contributed by atoms with Gasteiger partial charge in [0, 0.05) is 6.42 Å². The van der Waals surface area contributed by atoms with Gasteiger partial charge in [0.2, 0.25) is 0 Å². The molecule has 7 heteroatoms. The Morgan fingerprint density at radius 3 is 3.00 bits per heavy atom. The third-order valence-corrected chi connectivity index (χ3v) is 2.58. The lowest BCUT2D eigenvalue weighted by Gasteiger charge is -2.05. The lowest BCUT2D eigenvalue weighted by molar-refractivity contribution is -0.389. The third-order valence-electron chi connectivity index (χ3n) is 2.58. The van der Waals surface area contributed by atoms with Crippen LogP contribution in [0.1, 0.15) is 12.0 Å². The van der Waals surface area contributed by atoms with Crippen LogP contribution in [0.5, 0.6) is 5.75 Å². The van der Waals surface area contributed by atoms with Crippen molar-refractivity contribution in [2.24, 2.45) is 0 Å². The topological polar surface area (TPSA) is 94.0 Å². The van der Waals surface area contributed by atoms with Crippen LogP contribution in [-0.2, 0) is 6.54 Å². The molecular formula is C13H12N4O3. The lowest BCUT2D eigenvalue weighted by atomic mass is 10.2. The van der Waals surface area contributed by atoms with Gasteiger partial charge in [-0.05, 0) is 23.1 Å². The van der Waals surface area contributed by atoms with Crippen LogP contribution in [0.25, 0.3) is 0 Å². The van der Waals surface area contributed by atoms with Crippen molar-refractivity contribution in [3.8, 4) is 11.8 Å². The molecule has 0 atom stereocenters. The Hall–Kier alpha value is -2.88. The van der Waals surface area contributed by atoms with Crippen molar-refractivity contribution in [1.29, 1.82) is 5.26 Å². The number of rotatable bonds is 6. The van der Waals surface area contributed by atoms with Crippen molar-refractivity contribution >= 4 is 5.82 Å². The summed E-state index contributed by atoms with van der Waals surface area (Å²) in [5.41, 5.74) is 0.546. The Balaban J connectivity index is 1.78. The summed E-state index contributed by atoms with van der Waals surface area (Å²) in [5.74, 6) is 0.475. The van der Waals surface area contributed by atoms with Gasteiger partial charge in [0.15, 0.2) is 0 Å². The number of ether oxygens (including phenoxy) is 1. The third kappa shape index (κ3) is 3.55. The van der Waals surface area contributed by atoms with Crippen LogP contribution in [0, 0.1) is 21.4 Å². The van der Waals surface area contributed by atoms with Gasteiger partial charge in [-0.3, -0.25) is 0 Å². The van der Waals surface area contributed by atoms with Crippen LogP contribution in [-0.4, -0.2) is 21.3 Å². The SMILES string of the molecule is N#Cc1cccc(OCCCn2ccc([N+](=O)[O-])n2)c1. The molecule has 0 unspecified atom stereocenters. The smallest absolute Gasteiger partial charge is 0.389 e. The number of aromatic nitrogens is 2. The van der Waals surface area contributed by atoms with Gasteiger partial charge in [-0.25, -0.2) is 0 Å². The molecule has 0 aliphatic heterocycles. The molecule has 0 aliphatic carbocycles. The lowest BCUT2D eigenvalue weighted by Crippen LogP contribution is -2.05. The zero-order valence-electron chi connectivity index (χ0n) is 10.6. The molecule has 0 amide bonds. The van der Waals surface area contributed by atoms with Crippen molar-refractivity contribution in [3.63, 3.8) is 0 Å². The summed E-state index contributed by atoms with van der Waals surface area (Å²) in [5, 5.41) is 23.0. The number of nitro groups is 1. The van der Waals surface area contributed by atoms with E-state index in [2.05, 4.69) is 5.10 Å². The largest absolute Gasteiger partial charge is 0.493 e. The van der Waals surface area contributed by atoms with E-state index >= 15 is 0 Å². The number of aryl methyl sites for hydroxylation is 1. The molecule has 7 nitrogen and oxygen atoms in total. The predicted octanol–water partition coefficient (Wildman–Crippen LogP) is 2.13. The number of hydrogen-bond donors (Lipinski definition) is 0. The minimum Gasteiger partial charge on any atom is -0.493 e. The molecule has 0 saturated carbocycles. The van der Waals surface area contributed by atoms with E-state index < -0.39 is 4.92 Å². The fraction of sp³-hybridized carbons (Fsp3) is 0.231. The van der Waals surface area contributed by atoms with E-state index in [0.29, 0.717) is 30.9 Å². The molecule has 20 heavy (non-hydrogen) atoms. The molecule has 2 aromatic rings. The average molecular weight is 272 g/mol. The first kappa shape index (κ1) is 13.5. The highest BCUT2D eigenvalue weighted by molar-refractivity contribution is 5.36. The van der Waals surface area contributed by atoms with Gasteiger partial charge in [-0.1, -0.05) is 6.07 Å². The first-order valence-electron chi connectivity index (χ1n) is 6.00. The van der Waals surface area contributed by atoms with Crippen LogP contribution < -0.4 is 4.74 Å². The Labute approximate surface area is 115 Å². The van der Waals surface area contributed by atoms with E-state index in [-0.39, 0.29) is 5.82 Å². The van der Waals surface area contributed by atoms with Gasteiger partial charge in [0.25, 0.3) is 0 Å². The maximum Gasteiger partial charge on any atom is 0.389 e. The van der Waals surface area contributed by atoms with E-state index in [1.54, 1.807) is 30.5 Å². The van der Waals surface area contributed by atoms with Gasteiger partial charge in [0.1, 0.15) is 5.75 Å². The second-order valence-electron chi connectivity index (χ2n) is 4.04. The Morgan fingerprint density at radius 2 is 2.30 bits per heavy atom. The normalized spacial score (nSPS) is 9.95. The number of nitriles is 1. The van der Waals surface area contributed by atoms with Crippen LogP contribution in [0.3, 0.4) is 0 Å². The zero-order valence-corrected chi connectivity index (χ0v) is 10.6. The summed E-state index contributed by atoms with van der Waals surface area (Å²) in [7, 11) is 0. The van der Waals surface area contributed by atoms with Crippen molar-refractivity contribution in [2.45, 2.75) is 13.0 Å². The van der Waals surface area contributed by atoms with Gasteiger partial charge in [-0.2, -0.15) is 9.94 Å². The summed E-state index contributed by atoms with van der Waals surface area (Å²) in [6.45, 7) is 0.980. The summed E-state index contributed by atoms with van der Waals surface area (Å²) in [6.07, 6.45) is 2.23. The number of nitrogens with zero attached hydrogens (tertiary/aromatic N) is 4. The molecular weight excluding hydrogens is 260 g/mol. The Bertz CT molecular complexity index is 645. The molecule has 102 valence electrons. The molecule has 0 saturated heterocycles. The van der Waals surface area contributed by atoms with Gasteiger partial charge >= 0.3 is 5.82 Å². The maximum absolute atomic E-state index is 10.5. The van der Waals surface area contributed by atoms with Crippen LogP contribution in [0.4, 0.5) is 5.82 Å². The minimum absolute atomic E-state index is 0.160. The fourth-order valence-corrected chi connectivity index (χ4v) is 1.64. The summed E-state index contributed by atoms with van der Waals surface area (Å²) >= 11 is 0. The summed E-state index contributed by atoms with van der Waals surface area (Å²) in [4.78, 5) is 9.94. The van der Waals surface area contributed by atoms with Gasteiger partial charge in [-0.15, -0.1) is 0 Å². The minimum atomic E-state index is -0.527. The van der Waals surface area contributed by atoms with Gasteiger partial charge in [0.05, 0.1) is 42.1 Å². The average Bonchev–Trinajstić information content (AvgIpc) is 2.93. The molecule has 0 radical (unpaired) electrons. The van der Waals surface area contributed by atoms with E-state index in [1.807, 2.05) is 6.07 Å². The van der Waals surface area contributed by atoms with Crippen molar-refractivity contribution < 1.29 is 9.66 Å². The Morgan fingerprint density at radius 1 is 1.45 bits per heavy atom. The predicted molar refractivity (Wildman–Crippen MR) is 70.2 cm³/mol. The monoisotopic (exact) mass is 272 g/mol. The van der Waals surface area contributed by atoms with Crippen molar-refractivity contribution in [2.75, 3.05) is 6.61 Å². The number of benzene rings is 1. The van der Waals surface area contributed by atoms with Crippen molar-refractivity contribution in [1.82, 2.24) is 9.78 Å². The van der Waals surface area contributed by atoms with E-state index in [0.717, 1.165) is 0 Å². The highest BCUT2D eigenvalue weighted by Crippen LogP contribution is 2.13. The molecule has 0 N–H and O–H groups in total. The quantitative estimate of drug-likeness (QED) is 0.456. The fourth-order valence-electron chi connectivity index (χ4n) is 1.64. The molecule has 0 spiro atoms. The molecule has 1 aromatic heterocycles. The van der Waals surface area contributed by atoms with Crippen LogP contribution >= 0.6 is 0 Å². The molecule has 0 aliphatic rings. The van der Waals surface area contributed by atoms with E-state index in [9.17, 15) is 10.1 Å². The number of hydrogen-bond acceptors (Lipinski definition) is 5.